The third-order valence-corrected chi connectivity index (χ3v) is 5.50. The van der Waals surface area contributed by atoms with Gasteiger partial charge in [-0.1, -0.05) is 54.9 Å². The molecule has 1 heterocycles. The molecule has 1 aliphatic rings. The van der Waals surface area contributed by atoms with E-state index in [4.69, 9.17) is 16.6 Å². The van der Waals surface area contributed by atoms with Crippen molar-refractivity contribution in [2.75, 3.05) is 0 Å². The SMILES string of the molecule is CCc1ccc(C2=N[C@H](c3cccc(F)c3)N[C@@H](c3cc(Cl)ccc3O)C2)cc1. The maximum atomic E-state index is 13.8. The average molecular weight is 409 g/mol. The van der Waals surface area contributed by atoms with E-state index in [0.29, 0.717) is 17.0 Å². The van der Waals surface area contributed by atoms with Crippen LogP contribution in [0.3, 0.4) is 0 Å². The van der Waals surface area contributed by atoms with Crippen LogP contribution in [0.5, 0.6) is 5.75 Å². The number of aryl methyl sites for hydroxylation is 1. The molecule has 0 aromatic heterocycles. The van der Waals surface area contributed by atoms with Gasteiger partial charge in [0.15, 0.2) is 0 Å². The molecule has 0 amide bonds. The molecule has 0 aliphatic carbocycles. The van der Waals surface area contributed by atoms with E-state index in [9.17, 15) is 9.50 Å². The average Bonchev–Trinajstić information content (AvgIpc) is 2.75. The van der Waals surface area contributed by atoms with Crippen molar-refractivity contribution in [3.8, 4) is 5.75 Å². The molecule has 0 fully saturated rings. The highest BCUT2D eigenvalue weighted by Gasteiger charge is 2.28. The number of phenols is 1. The third kappa shape index (κ3) is 4.34. The van der Waals surface area contributed by atoms with Gasteiger partial charge in [-0.25, -0.2) is 4.39 Å². The molecule has 0 radical (unpaired) electrons. The molecule has 0 saturated carbocycles. The van der Waals surface area contributed by atoms with Crippen LogP contribution in [0.15, 0.2) is 71.7 Å². The molecule has 29 heavy (non-hydrogen) atoms. The number of benzene rings is 3. The lowest BCUT2D eigenvalue weighted by atomic mass is 9.93. The van der Waals surface area contributed by atoms with Crippen molar-refractivity contribution < 1.29 is 9.50 Å². The Kier molecular flexibility index (Phi) is 5.65. The molecule has 3 aromatic carbocycles. The van der Waals surface area contributed by atoms with Crippen molar-refractivity contribution in [2.24, 2.45) is 4.99 Å². The monoisotopic (exact) mass is 408 g/mol. The van der Waals surface area contributed by atoms with Gasteiger partial charge >= 0.3 is 0 Å². The normalized spacial score (nSPS) is 19.1. The van der Waals surface area contributed by atoms with E-state index >= 15 is 0 Å². The topological polar surface area (TPSA) is 44.6 Å². The Morgan fingerprint density at radius 2 is 1.90 bits per heavy atom. The molecule has 0 bridgehead atoms. The van der Waals surface area contributed by atoms with Crippen LogP contribution in [0.4, 0.5) is 4.39 Å². The molecule has 3 aromatic rings. The van der Waals surface area contributed by atoms with Gasteiger partial charge < -0.3 is 5.11 Å². The number of phenolic OH excluding ortho intramolecular Hbond substituents is 1. The summed E-state index contributed by atoms with van der Waals surface area (Å²) in [6, 6.07) is 19.6. The number of nitrogens with one attached hydrogen (secondary N) is 1. The van der Waals surface area contributed by atoms with Crippen LogP contribution < -0.4 is 5.32 Å². The van der Waals surface area contributed by atoms with Crippen molar-refractivity contribution >= 4 is 17.3 Å². The Balaban J connectivity index is 1.76. The molecule has 148 valence electrons. The van der Waals surface area contributed by atoms with Gasteiger partial charge in [-0.05, 0) is 53.4 Å². The Bertz CT molecular complexity index is 1050. The Morgan fingerprint density at radius 3 is 2.62 bits per heavy atom. The number of aromatic hydroxyl groups is 1. The second-order valence-corrected chi connectivity index (χ2v) is 7.65. The van der Waals surface area contributed by atoms with Crippen LogP contribution >= 0.6 is 11.6 Å². The van der Waals surface area contributed by atoms with Crippen LogP contribution in [0.1, 0.15) is 47.8 Å². The minimum Gasteiger partial charge on any atom is -0.508 e. The Labute approximate surface area is 174 Å². The summed E-state index contributed by atoms with van der Waals surface area (Å²) in [5.74, 6) is -0.131. The van der Waals surface area contributed by atoms with Crippen molar-refractivity contribution in [3.05, 3.63) is 99.8 Å². The van der Waals surface area contributed by atoms with Gasteiger partial charge in [-0.2, -0.15) is 0 Å². The molecule has 0 spiro atoms. The third-order valence-electron chi connectivity index (χ3n) is 5.27. The van der Waals surface area contributed by atoms with Gasteiger partial charge in [-0.3, -0.25) is 10.3 Å². The van der Waals surface area contributed by atoms with E-state index in [-0.39, 0.29) is 17.6 Å². The quantitative estimate of drug-likeness (QED) is 0.558. The number of halogens is 2. The summed E-state index contributed by atoms with van der Waals surface area (Å²) in [6.07, 6.45) is 1.13. The summed E-state index contributed by atoms with van der Waals surface area (Å²) in [5.41, 5.74) is 4.63. The van der Waals surface area contributed by atoms with Crippen LogP contribution in [0, 0.1) is 5.82 Å². The minimum atomic E-state index is -0.427. The highest BCUT2D eigenvalue weighted by atomic mass is 35.5. The zero-order valence-electron chi connectivity index (χ0n) is 16.1. The summed E-state index contributed by atoms with van der Waals surface area (Å²) in [7, 11) is 0. The molecule has 2 N–H and O–H groups in total. The van der Waals surface area contributed by atoms with Crippen LogP contribution in [0.25, 0.3) is 0 Å². The summed E-state index contributed by atoms with van der Waals surface area (Å²) in [6.45, 7) is 2.12. The second kappa shape index (κ2) is 8.36. The van der Waals surface area contributed by atoms with Gasteiger partial charge in [0.05, 0.1) is 0 Å². The van der Waals surface area contributed by atoms with Gasteiger partial charge in [-0.15, -0.1) is 0 Å². The number of hydrogen-bond donors (Lipinski definition) is 2. The molecule has 4 rings (SSSR count). The van der Waals surface area contributed by atoms with E-state index in [0.717, 1.165) is 23.3 Å². The maximum absolute atomic E-state index is 13.8. The first kappa shape index (κ1) is 19.6. The van der Waals surface area contributed by atoms with Crippen molar-refractivity contribution in [1.82, 2.24) is 5.32 Å². The molecule has 0 saturated heterocycles. The van der Waals surface area contributed by atoms with Gasteiger partial charge in [0.25, 0.3) is 0 Å². The number of hydrogen-bond acceptors (Lipinski definition) is 3. The van der Waals surface area contributed by atoms with E-state index < -0.39 is 6.17 Å². The highest BCUT2D eigenvalue weighted by Crippen LogP contribution is 2.35. The predicted octanol–water partition coefficient (Wildman–Crippen LogP) is 5.97. The van der Waals surface area contributed by atoms with E-state index in [1.165, 1.54) is 17.7 Å². The first-order chi connectivity index (χ1) is 14.0. The number of aliphatic imine (C=N–C) groups is 1. The fraction of sp³-hybridized carbons (Fsp3) is 0.208. The number of nitrogens with zero attached hydrogens (tertiary/aromatic N) is 1. The molecular formula is C24H22ClFN2O. The van der Waals surface area contributed by atoms with E-state index in [2.05, 4.69) is 36.5 Å². The fourth-order valence-electron chi connectivity index (χ4n) is 3.67. The lowest BCUT2D eigenvalue weighted by molar-refractivity contribution is 0.412. The molecule has 0 unspecified atom stereocenters. The second-order valence-electron chi connectivity index (χ2n) is 7.21. The first-order valence-electron chi connectivity index (χ1n) is 9.69. The predicted molar refractivity (Wildman–Crippen MR) is 115 cm³/mol. The molecule has 2 atom stereocenters. The fourth-order valence-corrected chi connectivity index (χ4v) is 3.85. The van der Waals surface area contributed by atoms with Crippen LogP contribution in [-0.2, 0) is 6.42 Å². The highest BCUT2D eigenvalue weighted by molar-refractivity contribution is 6.30. The minimum absolute atomic E-state index is 0.174. The zero-order valence-corrected chi connectivity index (χ0v) is 16.8. The summed E-state index contributed by atoms with van der Waals surface area (Å²) in [5, 5.41) is 14.4. The lowest BCUT2D eigenvalue weighted by Gasteiger charge is -2.31. The van der Waals surface area contributed by atoms with Gasteiger partial charge in [0, 0.05) is 28.8 Å². The standard InChI is InChI=1S/C24H22ClFN2O/c1-2-15-6-8-16(9-7-15)21-14-22(20-13-18(25)10-11-23(20)29)28-24(27-21)17-4-3-5-19(26)12-17/h3-13,22,24,28-29H,2,14H2,1H3/t22-,24+/m1/s1. The molecule has 3 nitrogen and oxygen atoms in total. The lowest BCUT2D eigenvalue weighted by Crippen LogP contribution is -2.33. The van der Waals surface area contributed by atoms with E-state index in [1.54, 1.807) is 24.3 Å². The number of rotatable bonds is 4. The molecular weight excluding hydrogens is 387 g/mol. The van der Waals surface area contributed by atoms with Crippen molar-refractivity contribution in [3.63, 3.8) is 0 Å². The summed E-state index contributed by atoms with van der Waals surface area (Å²) in [4.78, 5) is 4.87. The van der Waals surface area contributed by atoms with Gasteiger partial charge in [0.2, 0.25) is 0 Å². The first-order valence-corrected chi connectivity index (χ1v) is 10.1. The Hall–Kier alpha value is -2.69. The van der Waals surface area contributed by atoms with Crippen LogP contribution in [0.2, 0.25) is 5.02 Å². The van der Waals surface area contributed by atoms with Crippen LogP contribution in [-0.4, -0.2) is 10.8 Å². The van der Waals surface area contributed by atoms with Crippen molar-refractivity contribution in [1.29, 1.82) is 0 Å². The molecule has 5 heteroatoms. The molecule has 1 aliphatic heterocycles. The summed E-state index contributed by atoms with van der Waals surface area (Å²) < 4.78 is 13.8. The summed E-state index contributed by atoms with van der Waals surface area (Å²) >= 11 is 6.18. The largest absolute Gasteiger partial charge is 0.508 e. The van der Waals surface area contributed by atoms with Gasteiger partial charge in [0.1, 0.15) is 17.7 Å². The maximum Gasteiger partial charge on any atom is 0.126 e. The Morgan fingerprint density at radius 1 is 1.10 bits per heavy atom. The smallest absolute Gasteiger partial charge is 0.126 e. The van der Waals surface area contributed by atoms with E-state index in [1.807, 2.05) is 6.07 Å². The zero-order chi connectivity index (χ0) is 20.4. The van der Waals surface area contributed by atoms with Crippen molar-refractivity contribution in [2.45, 2.75) is 32.0 Å².